The molecule has 2 heterocycles. The fourth-order valence-electron chi connectivity index (χ4n) is 4.52. The fourth-order valence-corrected chi connectivity index (χ4v) is 4.70. The number of carbonyl (C=O) groups excluding carboxylic acids is 3. The highest BCUT2D eigenvalue weighted by Crippen LogP contribution is 2.46. The lowest BCUT2D eigenvalue weighted by atomic mass is 9.91. The first-order valence-electron chi connectivity index (χ1n) is 10.9. The third-order valence-corrected chi connectivity index (χ3v) is 6.54. The Balaban J connectivity index is 1.64. The summed E-state index contributed by atoms with van der Waals surface area (Å²) >= 11 is 6.31. The Kier molecular flexibility index (Phi) is 5.46. The maximum Gasteiger partial charge on any atom is 0.277 e. The number of amides is 3. The summed E-state index contributed by atoms with van der Waals surface area (Å²) in [5, 5.41) is 3.60. The molecular weight excluding hydrogens is 450 g/mol. The van der Waals surface area contributed by atoms with Gasteiger partial charge in [-0.1, -0.05) is 60.1 Å². The summed E-state index contributed by atoms with van der Waals surface area (Å²) in [5.41, 5.74) is 4.12. The molecule has 2 aliphatic rings. The average Bonchev–Trinajstić information content (AvgIpc) is 3.20. The van der Waals surface area contributed by atoms with Crippen molar-refractivity contribution in [2.24, 2.45) is 0 Å². The van der Waals surface area contributed by atoms with Crippen LogP contribution in [0.15, 0.2) is 84.1 Å². The second-order valence-electron chi connectivity index (χ2n) is 8.44. The average molecular weight is 472 g/mol. The van der Waals surface area contributed by atoms with E-state index in [4.69, 9.17) is 11.6 Å². The van der Waals surface area contributed by atoms with Crippen molar-refractivity contribution in [2.75, 3.05) is 17.3 Å². The number of imide groups is 1. The Labute approximate surface area is 202 Å². The zero-order valence-corrected chi connectivity index (χ0v) is 19.5. The van der Waals surface area contributed by atoms with E-state index in [1.165, 1.54) is 7.05 Å². The molecule has 3 aromatic carbocycles. The largest absolute Gasteiger partial charge is 0.350 e. The first-order chi connectivity index (χ1) is 16.4. The van der Waals surface area contributed by atoms with E-state index in [-0.39, 0.29) is 17.2 Å². The minimum atomic E-state index is -0.940. The Bertz CT molecular complexity index is 1370. The third-order valence-electron chi connectivity index (χ3n) is 6.30. The Morgan fingerprint density at radius 1 is 0.912 bits per heavy atom. The van der Waals surface area contributed by atoms with Gasteiger partial charge in [-0.2, -0.15) is 0 Å². The number of para-hydroxylation sites is 1. The molecule has 1 atom stereocenters. The number of fused-ring (bicyclic) bond motifs is 1. The number of benzene rings is 3. The predicted octanol–water partition coefficient (Wildman–Crippen LogP) is 4.64. The van der Waals surface area contributed by atoms with Crippen molar-refractivity contribution in [3.63, 3.8) is 0 Å². The maximum absolute atomic E-state index is 13.8. The molecule has 3 aromatic rings. The number of nitrogens with zero attached hydrogens (tertiary/aromatic N) is 2. The molecule has 1 N–H and O–H groups in total. The van der Waals surface area contributed by atoms with Crippen LogP contribution in [0.25, 0.3) is 0 Å². The fraction of sp³-hybridized carbons (Fsp3) is 0.148. The second kappa shape index (κ2) is 8.47. The van der Waals surface area contributed by atoms with Crippen LogP contribution in [0.2, 0.25) is 5.02 Å². The van der Waals surface area contributed by atoms with Gasteiger partial charge >= 0.3 is 0 Å². The van der Waals surface area contributed by atoms with E-state index >= 15 is 0 Å². The molecular formula is C27H22ClN3O3. The number of rotatable bonds is 5. The number of likely N-dealkylation sites (N-methyl/N-ethyl adjacent to an activating group) is 1. The lowest BCUT2D eigenvalue weighted by Crippen LogP contribution is -2.32. The molecule has 0 saturated carbocycles. The number of aryl methyl sites for hydroxylation is 1. The number of nitrogens with one attached hydrogen (secondary N) is 1. The summed E-state index contributed by atoms with van der Waals surface area (Å²) in [6, 6.07) is 22.3. The first-order valence-corrected chi connectivity index (χ1v) is 11.3. The SMILES string of the molecule is Cc1ccccc1NC1=C(C2C(=O)N(Cc3ccccc3)c3ccc(Cl)cc32)C(=O)N(C)C1=O. The van der Waals surface area contributed by atoms with E-state index in [2.05, 4.69) is 5.32 Å². The van der Waals surface area contributed by atoms with Gasteiger partial charge in [0.05, 0.1) is 18.0 Å². The van der Waals surface area contributed by atoms with Gasteiger partial charge in [-0.15, -0.1) is 0 Å². The molecule has 170 valence electrons. The molecule has 0 spiro atoms. The first kappa shape index (κ1) is 21.9. The molecule has 0 aromatic heterocycles. The van der Waals surface area contributed by atoms with Crippen LogP contribution in [0.5, 0.6) is 0 Å². The van der Waals surface area contributed by atoms with Gasteiger partial charge < -0.3 is 10.2 Å². The van der Waals surface area contributed by atoms with E-state index in [1.807, 2.05) is 61.5 Å². The van der Waals surface area contributed by atoms with Crippen LogP contribution in [0.4, 0.5) is 11.4 Å². The molecule has 0 bridgehead atoms. The van der Waals surface area contributed by atoms with E-state index < -0.39 is 17.7 Å². The molecule has 34 heavy (non-hydrogen) atoms. The van der Waals surface area contributed by atoms with Crippen LogP contribution in [-0.4, -0.2) is 29.7 Å². The smallest absolute Gasteiger partial charge is 0.277 e. The molecule has 3 amide bonds. The summed E-state index contributed by atoms with van der Waals surface area (Å²) in [4.78, 5) is 42.9. The Morgan fingerprint density at radius 3 is 2.35 bits per heavy atom. The molecule has 0 fully saturated rings. The standard InChI is InChI=1S/C27H22ClN3O3/c1-16-8-6-7-11-20(16)29-24-23(25(32)30(2)27(24)34)22-19-14-18(28)12-13-21(19)31(26(22)33)15-17-9-4-3-5-10-17/h3-14,22,29H,15H2,1-2H3. The van der Waals surface area contributed by atoms with E-state index in [0.717, 1.165) is 16.0 Å². The molecule has 7 heteroatoms. The minimum absolute atomic E-state index is 0.118. The Morgan fingerprint density at radius 2 is 1.62 bits per heavy atom. The predicted molar refractivity (Wildman–Crippen MR) is 131 cm³/mol. The highest BCUT2D eigenvalue weighted by molar-refractivity contribution is 6.31. The molecule has 6 nitrogen and oxygen atoms in total. The van der Waals surface area contributed by atoms with Crippen molar-refractivity contribution >= 4 is 40.7 Å². The van der Waals surface area contributed by atoms with Gasteiger partial charge in [0.1, 0.15) is 5.70 Å². The van der Waals surface area contributed by atoms with Crippen molar-refractivity contribution in [3.8, 4) is 0 Å². The summed E-state index contributed by atoms with van der Waals surface area (Å²) in [7, 11) is 1.43. The zero-order chi connectivity index (χ0) is 24.0. The monoisotopic (exact) mass is 471 g/mol. The minimum Gasteiger partial charge on any atom is -0.350 e. The molecule has 1 unspecified atom stereocenters. The number of hydrogen-bond donors (Lipinski definition) is 1. The summed E-state index contributed by atoms with van der Waals surface area (Å²) in [5.74, 6) is -2.17. The maximum atomic E-state index is 13.8. The molecule has 2 aliphatic heterocycles. The molecule has 5 rings (SSSR count). The second-order valence-corrected chi connectivity index (χ2v) is 8.88. The van der Waals surface area contributed by atoms with Gasteiger partial charge in [0.2, 0.25) is 5.91 Å². The van der Waals surface area contributed by atoms with E-state index in [9.17, 15) is 14.4 Å². The van der Waals surface area contributed by atoms with Crippen LogP contribution < -0.4 is 10.2 Å². The van der Waals surface area contributed by atoms with Gasteiger partial charge in [0, 0.05) is 23.4 Å². The summed E-state index contributed by atoms with van der Waals surface area (Å²) in [6.45, 7) is 2.25. The number of hydrogen-bond acceptors (Lipinski definition) is 4. The van der Waals surface area contributed by atoms with E-state index in [1.54, 1.807) is 23.1 Å². The lowest BCUT2D eigenvalue weighted by molar-refractivity contribution is -0.136. The van der Waals surface area contributed by atoms with Gasteiger partial charge in [0.25, 0.3) is 11.8 Å². The highest BCUT2D eigenvalue weighted by Gasteiger charge is 2.48. The molecule has 0 aliphatic carbocycles. The van der Waals surface area contributed by atoms with Crippen molar-refractivity contribution in [3.05, 3.63) is 106 Å². The summed E-state index contributed by atoms with van der Waals surface area (Å²) in [6.07, 6.45) is 0. The highest BCUT2D eigenvalue weighted by atomic mass is 35.5. The quantitative estimate of drug-likeness (QED) is 0.550. The normalized spacial score (nSPS) is 17.6. The van der Waals surface area contributed by atoms with Gasteiger partial charge in [-0.3, -0.25) is 19.3 Å². The van der Waals surface area contributed by atoms with Crippen molar-refractivity contribution in [2.45, 2.75) is 19.4 Å². The molecule has 0 saturated heterocycles. The van der Waals surface area contributed by atoms with Crippen LogP contribution in [0, 0.1) is 6.92 Å². The Hall–Kier alpha value is -3.90. The third kappa shape index (κ3) is 3.56. The van der Waals surface area contributed by atoms with Crippen LogP contribution in [0.3, 0.4) is 0 Å². The van der Waals surface area contributed by atoms with Gasteiger partial charge in [-0.05, 0) is 47.9 Å². The van der Waals surface area contributed by atoms with Crippen LogP contribution >= 0.6 is 11.6 Å². The van der Waals surface area contributed by atoms with Crippen molar-refractivity contribution < 1.29 is 14.4 Å². The number of carbonyl (C=O) groups is 3. The van der Waals surface area contributed by atoms with Crippen LogP contribution in [-0.2, 0) is 20.9 Å². The van der Waals surface area contributed by atoms with Crippen molar-refractivity contribution in [1.82, 2.24) is 4.90 Å². The molecule has 0 radical (unpaired) electrons. The van der Waals surface area contributed by atoms with Crippen molar-refractivity contribution in [1.29, 1.82) is 0 Å². The summed E-state index contributed by atoms with van der Waals surface area (Å²) < 4.78 is 0. The number of anilines is 2. The topological polar surface area (TPSA) is 69.7 Å². The van der Waals surface area contributed by atoms with Crippen LogP contribution in [0.1, 0.15) is 22.6 Å². The number of halogens is 1. The zero-order valence-electron chi connectivity index (χ0n) is 18.7. The van der Waals surface area contributed by atoms with E-state index in [0.29, 0.717) is 28.5 Å². The van der Waals surface area contributed by atoms with Gasteiger partial charge in [-0.25, -0.2) is 0 Å². The van der Waals surface area contributed by atoms with Gasteiger partial charge in [0.15, 0.2) is 0 Å². The lowest BCUT2D eigenvalue weighted by Gasteiger charge is -2.19.